The number of aromatic nitrogens is 1. The summed E-state index contributed by atoms with van der Waals surface area (Å²) in [6, 6.07) is 13.0. The molecule has 0 unspecified atom stereocenters. The first kappa shape index (κ1) is 22.5. The van der Waals surface area contributed by atoms with E-state index in [4.69, 9.17) is 21.3 Å². The average Bonchev–Trinajstić information content (AvgIpc) is 3.13. The van der Waals surface area contributed by atoms with Crippen LogP contribution in [-0.4, -0.2) is 49.6 Å². The summed E-state index contributed by atoms with van der Waals surface area (Å²) >= 11 is 7.62. The van der Waals surface area contributed by atoms with Crippen LogP contribution >= 0.6 is 22.9 Å². The van der Waals surface area contributed by atoms with Gasteiger partial charge in [0.25, 0.3) is 5.91 Å². The highest BCUT2D eigenvalue weighted by atomic mass is 35.5. The van der Waals surface area contributed by atoms with E-state index in [1.165, 1.54) is 11.3 Å². The average molecular weight is 446 g/mol. The van der Waals surface area contributed by atoms with Gasteiger partial charge in [0.2, 0.25) is 0 Å². The summed E-state index contributed by atoms with van der Waals surface area (Å²) in [6.45, 7) is 4.26. The second-order valence-electron chi connectivity index (χ2n) is 7.45. The molecule has 0 fully saturated rings. The van der Waals surface area contributed by atoms with Crippen molar-refractivity contribution in [2.45, 2.75) is 26.2 Å². The quantitative estimate of drug-likeness (QED) is 0.374. The Kier molecular flexibility index (Phi) is 8.08. The molecule has 3 rings (SSSR count). The number of hydrogen-bond acceptors (Lipinski definition) is 5. The molecule has 1 heterocycles. The molecule has 0 saturated heterocycles. The molecule has 3 aromatic rings. The Morgan fingerprint density at radius 1 is 1.13 bits per heavy atom. The summed E-state index contributed by atoms with van der Waals surface area (Å²) < 4.78 is 6.76. The number of fused-ring (bicyclic) bond motifs is 1. The minimum absolute atomic E-state index is 0.0696. The minimum atomic E-state index is -0.0696. The maximum Gasteiger partial charge on any atom is 0.260 e. The Morgan fingerprint density at radius 3 is 2.73 bits per heavy atom. The van der Waals surface area contributed by atoms with Crippen LogP contribution < -0.4 is 9.64 Å². The van der Waals surface area contributed by atoms with Gasteiger partial charge in [-0.25, -0.2) is 4.98 Å². The monoisotopic (exact) mass is 445 g/mol. The highest BCUT2D eigenvalue weighted by molar-refractivity contribution is 7.22. The topological polar surface area (TPSA) is 45.7 Å². The molecule has 0 radical (unpaired) electrons. The van der Waals surface area contributed by atoms with Gasteiger partial charge in [0.1, 0.15) is 5.75 Å². The normalized spacial score (nSPS) is 11.2. The summed E-state index contributed by atoms with van der Waals surface area (Å²) in [5, 5.41) is 1.36. The summed E-state index contributed by atoms with van der Waals surface area (Å²) in [6.07, 6.45) is 2.91. The molecule has 0 atom stereocenters. The number of rotatable bonds is 10. The molecule has 0 N–H and O–H groups in total. The highest BCUT2D eigenvalue weighted by Crippen LogP contribution is 2.32. The lowest BCUT2D eigenvalue weighted by Gasteiger charge is -2.21. The van der Waals surface area contributed by atoms with E-state index in [9.17, 15) is 4.79 Å². The molecule has 160 valence electrons. The van der Waals surface area contributed by atoms with E-state index in [2.05, 4.69) is 11.8 Å². The number of carbonyl (C=O) groups excluding carboxylic acids is 1. The van der Waals surface area contributed by atoms with Gasteiger partial charge in [-0.15, -0.1) is 0 Å². The third kappa shape index (κ3) is 5.94. The molecule has 0 bridgehead atoms. The van der Waals surface area contributed by atoms with Gasteiger partial charge in [-0.05, 0) is 69.9 Å². The van der Waals surface area contributed by atoms with Crippen molar-refractivity contribution >= 4 is 44.2 Å². The number of anilines is 1. The van der Waals surface area contributed by atoms with Crippen LogP contribution in [0.4, 0.5) is 5.13 Å². The fourth-order valence-electron chi connectivity index (χ4n) is 3.04. The third-order valence-corrected chi connectivity index (χ3v) is 5.93. The Bertz CT molecular complexity index is 989. The van der Waals surface area contributed by atoms with Gasteiger partial charge >= 0.3 is 0 Å². The van der Waals surface area contributed by atoms with E-state index in [0.29, 0.717) is 28.9 Å². The number of nitrogens with zero attached hydrogens (tertiary/aromatic N) is 3. The predicted octanol–water partition coefficient (Wildman–Crippen LogP) is 5.73. The Labute approximate surface area is 187 Å². The first-order valence-corrected chi connectivity index (χ1v) is 11.4. The predicted molar refractivity (Wildman–Crippen MR) is 126 cm³/mol. The molecular formula is C23H28ClN3O2S. The SMILES string of the molecule is CCCCOc1cccc(C(=O)N(CCCN(C)C)c2nc3ccc(Cl)cc3s2)c1. The maximum absolute atomic E-state index is 13.4. The van der Waals surface area contributed by atoms with Crippen LogP contribution in [0.15, 0.2) is 42.5 Å². The van der Waals surface area contributed by atoms with Gasteiger partial charge in [0.15, 0.2) is 5.13 Å². The zero-order valence-corrected chi connectivity index (χ0v) is 19.3. The molecule has 0 aliphatic heterocycles. The van der Waals surface area contributed by atoms with Crippen LogP contribution in [0.1, 0.15) is 36.5 Å². The van der Waals surface area contributed by atoms with Gasteiger partial charge in [-0.3, -0.25) is 9.69 Å². The van der Waals surface area contributed by atoms with E-state index in [1.807, 2.05) is 56.6 Å². The largest absolute Gasteiger partial charge is 0.494 e. The summed E-state index contributed by atoms with van der Waals surface area (Å²) in [4.78, 5) is 22.0. The minimum Gasteiger partial charge on any atom is -0.494 e. The molecular weight excluding hydrogens is 418 g/mol. The van der Waals surface area contributed by atoms with Crippen LogP contribution in [-0.2, 0) is 0 Å². The molecule has 1 aromatic heterocycles. The smallest absolute Gasteiger partial charge is 0.260 e. The summed E-state index contributed by atoms with van der Waals surface area (Å²) in [5.41, 5.74) is 1.45. The van der Waals surface area contributed by atoms with Gasteiger partial charge in [0.05, 0.1) is 16.8 Å². The van der Waals surface area contributed by atoms with E-state index in [0.717, 1.165) is 41.8 Å². The van der Waals surface area contributed by atoms with Crippen LogP contribution in [0.2, 0.25) is 5.02 Å². The van der Waals surface area contributed by atoms with Gasteiger partial charge in [-0.1, -0.05) is 42.3 Å². The first-order chi connectivity index (χ1) is 14.5. The van der Waals surface area contributed by atoms with Crippen LogP contribution in [0.3, 0.4) is 0 Å². The Balaban J connectivity index is 1.87. The molecule has 0 aliphatic rings. The second-order valence-corrected chi connectivity index (χ2v) is 8.90. The van der Waals surface area contributed by atoms with Crippen LogP contribution in [0, 0.1) is 0 Å². The van der Waals surface area contributed by atoms with Crippen molar-refractivity contribution in [2.75, 3.05) is 38.7 Å². The van der Waals surface area contributed by atoms with Crippen LogP contribution in [0.5, 0.6) is 5.75 Å². The Hall–Kier alpha value is -2.15. The fourth-order valence-corrected chi connectivity index (χ4v) is 4.31. The molecule has 0 saturated carbocycles. The number of hydrogen-bond donors (Lipinski definition) is 0. The van der Waals surface area contributed by atoms with E-state index in [-0.39, 0.29) is 5.91 Å². The lowest BCUT2D eigenvalue weighted by molar-refractivity contribution is 0.0985. The highest BCUT2D eigenvalue weighted by Gasteiger charge is 2.21. The zero-order valence-electron chi connectivity index (χ0n) is 17.7. The number of carbonyl (C=O) groups is 1. The lowest BCUT2D eigenvalue weighted by Crippen LogP contribution is -2.33. The molecule has 0 aliphatic carbocycles. The van der Waals surface area contributed by atoms with Crippen molar-refractivity contribution in [3.63, 3.8) is 0 Å². The van der Waals surface area contributed by atoms with Gasteiger partial charge in [0, 0.05) is 17.1 Å². The van der Waals surface area contributed by atoms with Gasteiger partial charge < -0.3 is 9.64 Å². The van der Waals surface area contributed by atoms with Crippen molar-refractivity contribution in [3.05, 3.63) is 53.1 Å². The summed E-state index contributed by atoms with van der Waals surface area (Å²) in [7, 11) is 4.06. The number of ether oxygens (including phenoxy) is 1. The van der Waals surface area contributed by atoms with Crippen molar-refractivity contribution in [1.82, 2.24) is 9.88 Å². The Morgan fingerprint density at radius 2 is 1.97 bits per heavy atom. The van der Waals surface area contributed by atoms with Crippen molar-refractivity contribution in [2.24, 2.45) is 0 Å². The fraction of sp³-hybridized carbons (Fsp3) is 0.391. The molecule has 0 spiro atoms. The lowest BCUT2D eigenvalue weighted by atomic mass is 10.2. The first-order valence-electron chi connectivity index (χ1n) is 10.2. The number of thiazole rings is 1. The van der Waals surface area contributed by atoms with Crippen molar-refractivity contribution < 1.29 is 9.53 Å². The molecule has 1 amide bonds. The van der Waals surface area contributed by atoms with E-state index >= 15 is 0 Å². The van der Waals surface area contributed by atoms with Crippen molar-refractivity contribution in [1.29, 1.82) is 0 Å². The zero-order chi connectivity index (χ0) is 21.5. The summed E-state index contributed by atoms with van der Waals surface area (Å²) in [5.74, 6) is 0.651. The standard InChI is InChI=1S/C23H28ClN3O2S/c1-4-5-14-29-19-9-6-8-17(15-19)22(28)27(13-7-12-26(2)3)23-25-20-11-10-18(24)16-21(20)30-23/h6,8-11,15-16H,4-5,7,12-14H2,1-3H3. The molecule has 7 heteroatoms. The van der Waals surface area contributed by atoms with E-state index in [1.54, 1.807) is 4.90 Å². The number of amides is 1. The second kappa shape index (κ2) is 10.8. The molecule has 2 aromatic carbocycles. The van der Waals surface area contributed by atoms with Crippen molar-refractivity contribution in [3.8, 4) is 5.75 Å². The van der Waals surface area contributed by atoms with E-state index < -0.39 is 0 Å². The van der Waals surface area contributed by atoms with Crippen LogP contribution in [0.25, 0.3) is 10.2 Å². The number of benzene rings is 2. The molecule has 30 heavy (non-hydrogen) atoms. The molecule has 5 nitrogen and oxygen atoms in total. The van der Waals surface area contributed by atoms with Gasteiger partial charge in [-0.2, -0.15) is 0 Å². The number of halogens is 1. The maximum atomic E-state index is 13.4. The third-order valence-electron chi connectivity index (χ3n) is 4.65. The number of unbranched alkanes of at least 4 members (excludes halogenated alkanes) is 1.